The van der Waals surface area contributed by atoms with Crippen molar-refractivity contribution in [1.29, 1.82) is 0 Å². The van der Waals surface area contributed by atoms with Crippen molar-refractivity contribution in [3.63, 3.8) is 0 Å². The minimum absolute atomic E-state index is 0.0794. The number of nitrogens with one attached hydrogen (secondary N) is 1. The van der Waals surface area contributed by atoms with Crippen molar-refractivity contribution in [3.05, 3.63) is 16.4 Å². The molecule has 0 aromatic carbocycles. The van der Waals surface area contributed by atoms with Crippen molar-refractivity contribution in [2.45, 2.75) is 32.0 Å². The summed E-state index contributed by atoms with van der Waals surface area (Å²) in [6, 6.07) is -0.168. The number of Topliss-reactive ketones (excluding diaryl/α,β-unsaturated/α-hetero) is 1. The number of halogens is 1. The highest BCUT2D eigenvalue weighted by Crippen LogP contribution is 2.21. The van der Waals surface area contributed by atoms with Gasteiger partial charge in [-0.2, -0.15) is 5.10 Å². The Hall–Kier alpha value is -0.720. The number of aryl methyl sites for hydroxylation is 1. The highest BCUT2D eigenvalue weighted by molar-refractivity contribution is 9.10. The van der Waals surface area contributed by atoms with Crippen molar-refractivity contribution in [1.82, 2.24) is 15.1 Å². The van der Waals surface area contributed by atoms with E-state index in [9.17, 15) is 4.79 Å². The van der Waals surface area contributed by atoms with E-state index in [0.717, 1.165) is 17.4 Å². The maximum Gasteiger partial charge on any atom is 0.198 e. The fraction of sp³-hybridized carbons (Fsp3) is 0.636. The maximum absolute atomic E-state index is 12.4. The lowest BCUT2D eigenvalue weighted by atomic mass is 10.1. The Kier molecular flexibility index (Phi) is 3.96. The Morgan fingerprint density at radius 1 is 1.76 bits per heavy atom. The van der Waals surface area contributed by atoms with E-state index in [-0.39, 0.29) is 17.9 Å². The number of carbonyl (C=O) groups is 1. The molecule has 94 valence electrons. The second-order valence-corrected chi connectivity index (χ2v) is 4.93. The smallest absolute Gasteiger partial charge is 0.198 e. The van der Waals surface area contributed by atoms with Crippen molar-refractivity contribution >= 4 is 21.7 Å². The molecule has 1 aromatic heterocycles. The van der Waals surface area contributed by atoms with E-state index in [1.807, 2.05) is 6.92 Å². The third kappa shape index (κ3) is 2.43. The molecule has 2 rings (SSSR count). The maximum atomic E-state index is 12.4. The van der Waals surface area contributed by atoms with Gasteiger partial charge in [0.1, 0.15) is 5.69 Å². The third-order valence-electron chi connectivity index (χ3n) is 3.07. The monoisotopic (exact) mass is 301 g/mol. The Bertz CT molecular complexity index is 419. The summed E-state index contributed by atoms with van der Waals surface area (Å²) < 4.78 is 7.72. The summed E-state index contributed by atoms with van der Waals surface area (Å²) in [4.78, 5) is 12.4. The average molecular weight is 302 g/mol. The lowest BCUT2D eigenvalue weighted by Gasteiger charge is -2.11. The van der Waals surface area contributed by atoms with Gasteiger partial charge in [0.15, 0.2) is 5.78 Å². The molecule has 17 heavy (non-hydrogen) atoms. The van der Waals surface area contributed by atoms with Gasteiger partial charge >= 0.3 is 0 Å². The number of ether oxygens (including phenoxy) is 1. The lowest BCUT2D eigenvalue weighted by Crippen LogP contribution is -2.32. The first-order valence-electron chi connectivity index (χ1n) is 5.69. The zero-order valence-electron chi connectivity index (χ0n) is 9.94. The molecule has 6 heteroatoms. The van der Waals surface area contributed by atoms with Crippen molar-refractivity contribution in [2.75, 3.05) is 13.7 Å². The molecule has 1 aromatic rings. The Balaban J connectivity index is 2.17. The standard InChI is InChI=1S/C11H16BrN3O2/c1-3-15-10(8(12)6-14-15)11(16)9-4-7(17-2)5-13-9/h6-7,9,13H,3-5H2,1-2H3. The summed E-state index contributed by atoms with van der Waals surface area (Å²) in [5, 5.41) is 7.34. The molecule has 5 nitrogen and oxygen atoms in total. The van der Waals surface area contributed by atoms with Crippen molar-refractivity contribution < 1.29 is 9.53 Å². The van der Waals surface area contributed by atoms with E-state index >= 15 is 0 Å². The number of aromatic nitrogens is 2. The lowest BCUT2D eigenvalue weighted by molar-refractivity contribution is 0.0908. The Morgan fingerprint density at radius 3 is 3.12 bits per heavy atom. The molecule has 0 bridgehead atoms. The van der Waals surface area contributed by atoms with Crippen LogP contribution in [0.2, 0.25) is 0 Å². The summed E-state index contributed by atoms with van der Waals surface area (Å²) >= 11 is 3.37. The number of carbonyl (C=O) groups excluding carboxylic acids is 1. The van der Waals surface area contributed by atoms with E-state index in [2.05, 4.69) is 26.3 Å². The van der Waals surface area contributed by atoms with Gasteiger partial charge in [-0.05, 0) is 29.3 Å². The van der Waals surface area contributed by atoms with Crippen LogP contribution in [-0.2, 0) is 11.3 Å². The van der Waals surface area contributed by atoms with E-state index in [1.54, 1.807) is 18.0 Å². The predicted molar refractivity (Wildman–Crippen MR) is 67.1 cm³/mol. The van der Waals surface area contributed by atoms with Gasteiger partial charge < -0.3 is 10.1 Å². The minimum Gasteiger partial charge on any atom is -0.380 e. The summed E-state index contributed by atoms with van der Waals surface area (Å²) in [7, 11) is 1.67. The fourth-order valence-electron chi connectivity index (χ4n) is 2.09. The molecule has 1 aliphatic rings. The second-order valence-electron chi connectivity index (χ2n) is 4.08. The van der Waals surface area contributed by atoms with Gasteiger partial charge in [-0.15, -0.1) is 0 Å². The predicted octanol–water partition coefficient (Wildman–Crippen LogP) is 1.23. The van der Waals surface area contributed by atoms with Crippen LogP contribution < -0.4 is 5.32 Å². The highest BCUT2D eigenvalue weighted by Gasteiger charge is 2.32. The third-order valence-corrected chi connectivity index (χ3v) is 3.65. The van der Waals surface area contributed by atoms with Crippen LogP contribution in [0.1, 0.15) is 23.8 Å². The van der Waals surface area contributed by atoms with E-state index < -0.39 is 0 Å². The highest BCUT2D eigenvalue weighted by atomic mass is 79.9. The Morgan fingerprint density at radius 2 is 2.53 bits per heavy atom. The molecule has 1 fully saturated rings. The molecule has 1 aliphatic heterocycles. The summed E-state index contributed by atoms with van der Waals surface area (Å²) in [6.45, 7) is 3.38. The molecule has 2 heterocycles. The molecule has 0 spiro atoms. The van der Waals surface area contributed by atoms with E-state index in [4.69, 9.17) is 4.74 Å². The van der Waals surface area contributed by atoms with Crippen LogP contribution >= 0.6 is 15.9 Å². The normalized spacial score (nSPS) is 24.2. The zero-order valence-corrected chi connectivity index (χ0v) is 11.5. The summed E-state index contributed by atoms with van der Waals surface area (Å²) in [5.41, 5.74) is 0.641. The van der Waals surface area contributed by atoms with Crippen LogP contribution in [-0.4, -0.2) is 41.4 Å². The number of rotatable bonds is 4. The van der Waals surface area contributed by atoms with Crippen LogP contribution in [0.15, 0.2) is 10.7 Å². The van der Waals surface area contributed by atoms with E-state index in [1.165, 1.54) is 0 Å². The molecule has 2 unspecified atom stereocenters. The van der Waals surface area contributed by atoms with Crippen LogP contribution in [0.5, 0.6) is 0 Å². The van der Waals surface area contributed by atoms with Crippen molar-refractivity contribution in [3.8, 4) is 0 Å². The largest absolute Gasteiger partial charge is 0.380 e. The molecule has 0 amide bonds. The van der Waals surface area contributed by atoms with Gasteiger partial charge in [-0.25, -0.2) is 0 Å². The molecule has 1 N–H and O–H groups in total. The van der Waals surface area contributed by atoms with Gasteiger partial charge in [0.2, 0.25) is 0 Å². The molecule has 2 atom stereocenters. The van der Waals surface area contributed by atoms with Crippen LogP contribution in [0, 0.1) is 0 Å². The van der Waals surface area contributed by atoms with Crippen LogP contribution in [0.25, 0.3) is 0 Å². The number of ketones is 1. The summed E-state index contributed by atoms with van der Waals surface area (Å²) in [6.07, 6.45) is 2.51. The molecule has 0 saturated carbocycles. The van der Waals surface area contributed by atoms with Gasteiger partial charge in [-0.3, -0.25) is 9.48 Å². The van der Waals surface area contributed by atoms with E-state index in [0.29, 0.717) is 12.2 Å². The minimum atomic E-state index is -0.168. The van der Waals surface area contributed by atoms with Gasteiger partial charge in [-0.1, -0.05) is 0 Å². The Labute approximate surface area is 109 Å². The second kappa shape index (κ2) is 5.29. The fourth-order valence-corrected chi connectivity index (χ4v) is 2.59. The quantitative estimate of drug-likeness (QED) is 0.850. The van der Waals surface area contributed by atoms with Gasteiger partial charge in [0.25, 0.3) is 0 Å². The molecule has 0 aliphatic carbocycles. The van der Waals surface area contributed by atoms with Crippen LogP contribution in [0.3, 0.4) is 0 Å². The number of methoxy groups -OCH3 is 1. The van der Waals surface area contributed by atoms with Crippen LogP contribution in [0.4, 0.5) is 0 Å². The SMILES string of the molecule is CCn1ncc(Br)c1C(=O)C1CC(OC)CN1. The van der Waals surface area contributed by atoms with Gasteiger partial charge in [0, 0.05) is 20.2 Å². The topological polar surface area (TPSA) is 56.2 Å². The van der Waals surface area contributed by atoms with Gasteiger partial charge in [0.05, 0.1) is 22.8 Å². The molecule has 0 radical (unpaired) electrons. The van der Waals surface area contributed by atoms with Crippen molar-refractivity contribution in [2.24, 2.45) is 0 Å². The first kappa shape index (κ1) is 12.7. The molecular formula is C11H16BrN3O2. The molecule has 1 saturated heterocycles. The number of hydrogen-bond donors (Lipinski definition) is 1. The summed E-state index contributed by atoms with van der Waals surface area (Å²) in [5.74, 6) is 0.0794. The molecular weight excluding hydrogens is 286 g/mol. The first-order valence-corrected chi connectivity index (χ1v) is 6.48. The number of nitrogens with zero attached hydrogens (tertiary/aromatic N) is 2. The number of hydrogen-bond acceptors (Lipinski definition) is 4. The zero-order chi connectivity index (χ0) is 12.4. The average Bonchev–Trinajstić information content (AvgIpc) is 2.94. The first-order chi connectivity index (χ1) is 8.17.